The van der Waals surface area contributed by atoms with Crippen LogP contribution >= 0.6 is 0 Å². The SMILES string of the molecule is O=C(NCCCn1cccn1)c1cccc(S(=O)(=O)N2CCCCCC2)c1. The van der Waals surface area contributed by atoms with Crippen LogP contribution in [-0.2, 0) is 16.6 Å². The number of aryl methyl sites for hydroxylation is 1. The van der Waals surface area contributed by atoms with E-state index >= 15 is 0 Å². The van der Waals surface area contributed by atoms with E-state index in [1.165, 1.54) is 6.07 Å². The molecule has 7 nitrogen and oxygen atoms in total. The monoisotopic (exact) mass is 390 g/mol. The molecule has 2 heterocycles. The maximum Gasteiger partial charge on any atom is 0.251 e. The van der Waals surface area contributed by atoms with Gasteiger partial charge in [-0.3, -0.25) is 9.48 Å². The maximum absolute atomic E-state index is 12.9. The molecule has 1 saturated heterocycles. The molecule has 1 aromatic heterocycles. The lowest BCUT2D eigenvalue weighted by Gasteiger charge is -2.20. The standard InChI is InChI=1S/C19H26N4O3S/c24-19(20-10-6-12-22-13-7-11-21-22)17-8-5-9-18(16-17)27(25,26)23-14-3-1-2-4-15-23/h5,7-9,11,13,16H,1-4,6,10,12,14-15H2,(H,20,24). The average Bonchev–Trinajstić information content (AvgIpc) is 3.04. The number of sulfonamides is 1. The third-order valence-electron chi connectivity index (χ3n) is 4.71. The van der Waals surface area contributed by atoms with Crippen LogP contribution in [-0.4, -0.2) is 48.0 Å². The Bertz CT molecular complexity index is 842. The highest BCUT2D eigenvalue weighted by Crippen LogP contribution is 2.21. The highest BCUT2D eigenvalue weighted by molar-refractivity contribution is 7.89. The van der Waals surface area contributed by atoms with E-state index in [4.69, 9.17) is 0 Å². The van der Waals surface area contributed by atoms with Gasteiger partial charge in [-0.05, 0) is 43.5 Å². The van der Waals surface area contributed by atoms with E-state index in [0.717, 1.165) is 38.6 Å². The second-order valence-corrected chi connectivity index (χ2v) is 8.66. The van der Waals surface area contributed by atoms with Crippen molar-refractivity contribution in [1.29, 1.82) is 0 Å². The summed E-state index contributed by atoms with van der Waals surface area (Å²) in [5, 5.41) is 6.95. The largest absolute Gasteiger partial charge is 0.352 e. The van der Waals surface area contributed by atoms with E-state index in [9.17, 15) is 13.2 Å². The predicted molar refractivity (Wildman–Crippen MR) is 103 cm³/mol. The molecule has 0 spiro atoms. The predicted octanol–water partition coefficient (Wildman–Crippen LogP) is 2.27. The first-order valence-electron chi connectivity index (χ1n) is 9.43. The van der Waals surface area contributed by atoms with Gasteiger partial charge in [0.2, 0.25) is 10.0 Å². The van der Waals surface area contributed by atoms with Crippen molar-refractivity contribution in [1.82, 2.24) is 19.4 Å². The minimum absolute atomic E-state index is 0.189. The second kappa shape index (κ2) is 9.14. The minimum Gasteiger partial charge on any atom is -0.352 e. The Hall–Kier alpha value is -2.19. The number of aromatic nitrogens is 2. The van der Waals surface area contributed by atoms with Crippen LogP contribution in [0, 0.1) is 0 Å². The van der Waals surface area contributed by atoms with Crippen LogP contribution in [0.1, 0.15) is 42.5 Å². The van der Waals surface area contributed by atoms with E-state index in [1.807, 2.05) is 12.3 Å². The molecule has 1 aromatic carbocycles. The second-order valence-electron chi connectivity index (χ2n) is 6.72. The van der Waals surface area contributed by atoms with Gasteiger partial charge in [-0.2, -0.15) is 9.40 Å². The van der Waals surface area contributed by atoms with Gasteiger partial charge >= 0.3 is 0 Å². The molecule has 1 aliphatic heterocycles. The van der Waals surface area contributed by atoms with Crippen molar-refractivity contribution in [2.45, 2.75) is 43.5 Å². The van der Waals surface area contributed by atoms with Gasteiger partial charge in [0.25, 0.3) is 5.91 Å². The molecule has 146 valence electrons. The van der Waals surface area contributed by atoms with Crippen LogP contribution in [0.3, 0.4) is 0 Å². The van der Waals surface area contributed by atoms with E-state index in [2.05, 4.69) is 10.4 Å². The summed E-state index contributed by atoms with van der Waals surface area (Å²) >= 11 is 0. The van der Waals surface area contributed by atoms with Gasteiger partial charge in [0.15, 0.2) is 0 Å². The Morgan fingerprint density at radius 2 is 1.89 bits per heavy atom. The smallest absolute Gasteiger partial charge is 0.251 e. The van der Waals surface area contributed by atoms with E-state index in [0.29, 0.717) is 25.2 Å². The Morgan fingerprint density at radius 1 is 1.11 bits per heavy atom. The summed E-state index contributed by atoms with van der Waals surface area (Å²) < 4.78 is 29.1. The number of nitrogens with one attached hydrogen (secondary N) is 1. The third-order valence-corrected chi connectivity index (χ3v) is 6.60. The maximum atomic E-state index is 12.9. The van der Waals surface area contributed by atoms with Gasteiger partial charge in [0, 0.05) is 44.1 Å². The molecule has 2 aromatic rings. The summed E-state index contributed by atoms with van der Waals surface area (Å²) in [6, 6.07) is 8.17. The first-order chi connectivity index (χ1) is 13.1. The molecular weight excluding hydrogens is 364 g/mol. The third kappa shape index (κ3) is 5.17. The van der Waals surface area contributed by atoms with Gasteiger partial charge in [-0.25, -0.2) is 8.42 Å². The van der Waals surface area contributed by atoms with Crippen molar-refractivity contribution >= 4 is 15.9 Å². The number of hydrogen-bond acceptors (Lipinski definition) is 4. The van der Waals surface area contributed by atoms with Crippen molar-refractivity contribution < 1.29 is 13.2 Å². The molecule has 3 rings (SSSR count). The summed E-state index contributed by atoms with van der Waals surface area (Å²) in [5.41, 5.74) is 0.366. The normalized spacial score (nSPS) is 16.0. The minimum atomic E-state index is -3.55. The lowest BCUT2D eigenvalue weighted by atomic mass is 10.2. The van der Waals surface area contributed by atoms with Gasteiger partial charge < -0.3 is 5.32 Å². The van der Waals surface area contributed by atoms with Crippen LogP contribution in [0.4, 0.5) is 0 Å². The molecular formula is C19H26N4O3S. The Kier molecular flexibility index (Phi) is 6.63. The molecule has 27 heavy (non-hydrogen) atoms. The van der Waals surface area contributed by atoms with Gasteiger partial charge in [0.1, 0.15) is 0 Å². The number of benzene rings is 1. The zero-order chi connectivity index (χ0) is 19.1. The molecule has 0 aliphatic carbocycles. The molecule has 1 amide bonds. The summed E-state index contributed by atoms with van der Waals surface area (Å²) in [6.45, 7) is 2.32. The topological polar surface area (TPSA) is 84.3 Å². The fourth-order valence-electron chi connectivity index (χ4n) is 3.21. The van der Waals surface area contributed by atoms with Crippen LogP contribution in [0.2, 0.25) is 0 Å². The number of rotatable bonds is 7. The van der Waals surface area contributed by atoms with E-state index in [1.54, 1.807) is 33.4 Å². The number of hydrogen-bond donors (Lipinski definition) is 1. The lowest BCUT2D eigenvalue weighted by molar-refractivity contribution is 0.0952. The summed E-state index contributed by atoms with van der Waals surface area (Å²) in [6.07, 6.45) is 8.23. The summed E-state index contributed by atoms with van der Waals surface area (Å²) in [7, 11) is -3.55. The Morgan fingerprint density at radius 3 is 2.59 bits per heavy atom. The summed E-state index contributed by atoms with van der Waals surface area (Å²) in [5.74, 6) is -0.261. The van der Waals surface area contributed by atoms with Crippen LogP contribution in [0.25, 0.3) is 0 Å². The average molecular weight is 391 g/mol. The van der Waals surface area contributed by atoms with Crippen molar-refractivity contribution in [3.63, 3.8) is 0 Å². The number of carbonyl (C=O) groups is 1. The Labute approximate surface area is 160 Å². The van der Waals surface area contributed by atoms with E-state index in [-0.39, 0.29) is 10.8 Å². The first kappa shape index (κ1) is 19.6. The Balaban J connectivity index is 1.61. The molecule has 0 unspecified atom stereocenters. The number of nitrogens with zero attached hydrogens (tertiary/aromatic N) is 3. The number of amides is 1. The summed E-state index contributed by atoms with van der Waals surface area (Å²) in [4.78, 5) is 12.6. The van der Waals surface area contributed by atoms with Gasteiger partial charge in [-0.1, -0.05) is 18.9 Å². The lowest BCUT2D eigenvalue weighted by Crippen LogP contribution is -2.32. The fraction of sp³-hybridized carbons (Fsp3) is 0.474. The van der Waals surface area contributed by atoms with Crippen molar-refractivity contribution in [2.75, 3.05) is 19.6 Å². The molecule has 1 fully saturated rings. The van der Waals surface area contributed by atoms with Crippen LogP contribution in [0.15, 0.2) is 47.6 Å². The van der Waals surface area contributed by atoms with Gasteiger partial charge in [-0.15, -0.1) is 0 Å². The number of carbonyl (C=O) groups excluding carboxylic acids is 1. The van der Waals surface area contributed by atoms with Crippen LogP contribution in [0.5, 0.6) is 0 Å². The quantitative estimate of drug-likeness (QED) is 0.735. The molecule has 0 atom stereocenters. The fourth-order valence-corrected chi connectivity index (χ4v) is 4.77. The molecule has 1 aliphatic rings. The molecule has 1 N–H and O–H groups in total. The van der Waals surface area contributed by atoms with Gasteiger partial charge in [0.05, 0.1) is 4.90 Å². The molecule has 8 heteroatoms. The van der Waals surface area contributed by atoms with E-state index < -0.39 is 10.0 Å². The van der Waals surface area contributed by atoms with Crippen LogP contribution < -0.4 is 5.32 Å². The highest BCUT2D eigenvalue weighted by Gasteiger charge is 2.25. The molecule has 0 bridgehead atoms. The highest BCUT2D eigenvalue weighted by atomic mass is 32.2. The zero-order valence-electron chi connectivity index (χ0n) is 15.4. The first-order valence-corrected chi connectivity index (χ1v) is 10.9. The molecule has 0 saturated carbocycles. The van der Waals surface area contributed by atoms with Crippen molar-refractivity contribution in [3.8, 4) is 0 Å². The van der Waals surface area contributed by atoms with Crippen molar-refractivity contribution in [3.05, 3.63) is 48.3 Å². The van der Waals surface area contributed by atoms with Crippen molar-refractivity contribution in [2.24, 2.45) is 0 Å². The zero-order valence-corrected chi connectivity index (χ0v) is 16.2. The molecule has 0 radical (unpaired) electrons.